The largest absolute Gasteiger partial charge is 0.389 e. The van der Waals surface area contributed by atoms with Gasteiger partial charge in [0.05, 0.1) is 6.10 Å². The van der Waals surface area contributed by atoms with Crippen LogP contribution in [0.3, 0.4) is 0 Å². The van der Waals surface area contributed by atoms with Crippen molar-refractivity contribution < 1.29 is 5.11 Å². The third kappa shape index (κ3) is 2.34. The van der Waals surface area contributed by atoms with Gasteiger partial charge in [0, 0.05) is 0 Å². The second kappa shape index (κ2) is 5.02. The molecule has 1 heteroatoms. The molecule has 0 radical (unpaired) electrons. The van der Waals surface area contributed by atoms with E-state index in [0.29, 0.717) is 0 Å². The zero-order chi connectivity index (χ0) is 13.2. The van der Waals surface area contributed by atoms with E-state index >= 15 is 0 Å². The van der Waals surface area contributed by atoms with E-state index in [0.717, 1.165) is 12.8 Å². The molecule has 1 fully saturated rings. The molecule has 1 atom stereocenters. The van der Waals surface area contributed by atoms with Crippen LogP contribution in [-0.4, -0.2) is 11.2 Å². The van der Waals surface area contributed by atoms with Gasteiger partial charge in [-0.3, -0.25) is 0 Å². The molecule has 96 valence electrons. The van der Waals surface area contributed by atoms with Crippen LogP contribution in [0.4, 0.5) is 0 Å². The van der Waals surface area contributed by atoms with E-state index in [1.54, 1.807) is 0 Å². The minimum Gasteiger partial charge on any atom is -0.389 e. The highest BCUT2D eigenvalue weighted by Crippen LogP contribution is 2.37. The molecule has 2 aromatic rings. The van der Waals surface area contributed by atoms with E-state index in [2.05, 4.69) is 55.5 Å². The summed E-state index contributed by atoms with van der Waals surface area (Å²) in [4.78, 5) is 0. The van der Waals surface area contributed by atoms with Gasteiger partial charge < -0.3 is 5.11 Å². The van der Waals surface area contributed by atoms with Crippen molar-refractivity contribution in [1.82, 2.24) is 0 Å². The first kappa shape index (κ1) is 12.2. The lowest BCUT2D eigenvalue weighted by atomic mass is 9.80. The quantitative estimate of drug-likeness (QED) is 0.855. The van der Waals surface area contributed by atoms with Crippen molar-refractivity contribution in [3.8, 4) is 0 Å². The zero-order valence-electron chi connectivity index (χ0n) is 11.1. The van der Waals surface area contributed by atoms with Gasteiger partial charge in [-0.15, -0.1) is 0 Å². The van der Waals surface area contributed by atoms with Crippen LogP contribution in [0, 0.1) is 6.92 Å². The molecule has 0 bridgehead atoms. The summed E-state index contributed by atoms with van der Waals surface area (Å²) >= 11 is 0. The Morgan fingerprint density at radius 3 is 2.11 bits per heavy atom. The maximum atomic E-state index is 10.00. The molecule has 0 aliphatic heterocycles. The Bertz CT molecular complexity index is 593. The van der Waals surface area contributed by atoms with Crippen LogP contribution in [0.25, 0.3) is 5.57 Å². The summed E-state index contributed by atoms with van der Waals surface area (Å²) in [5.74, 6) is 0. The van der Waals surface area contributed by atoms with Crippen LogP contribution in [0.1, 0.15) is 29.5 Å². The van der Waals surface area contributed by atoms with E-state index in [1.807, 2.05) is 6.07 Å². The van der Waals surface area contributed by atoms with Crippen LogP contribution >= 0.6 is 0 Å². The molecule has 0 amide bonds. The van der Waals surface area contributed by atoms with Gasteiger partial charge in [-0.25, -0.2) is 0 Å². The molecule has 1 aliphatic carbocycles. The van der Waals surface area contributed by atoms with Gasteiger partial charge in [0.1, 0.15) is 0 Å². The summed E-state index contributed by atoms with van der Waals surface area (Å²) in [5.41, 5.74) is 6.04. The maximum Gasteiger partial charge on any atom is 0.0762 e. The van der Waals surface area contributed by atoms with Crippen LogP contribution < -0.4 is 0 Å². The number of hydrogen-bond acceptors (Lipinski definition) is 1. The predicted molar refractivity (Wildman–Crippen MR) is 78.9 cm³/mol. The highest BCUT2D eigenvalue weighted by Gasteiger charge is 2.26. The van der Waals surface area contributed by atoms with Crippen LogP contribution in [0.15, 0.2) is 60.2 Å². The lowest BCUT2D eigenvalue weighted by Gasteiger charge is -2.29. The molecule has 0 heterocycles. The summed E-state index contributed by atoms with van der Waals surface area (Å²) in [6.45, 7) is 2.09. The van der Waals surface area contributed by atoms with Crippen molar-refractivity contribution in [3.63, 3.8) is 0 Å². The fraction of sp³-hybridized carbons (Fsp3) is 0.222. The Balaban J connectivity index is 2.13. The van der Waals surface area contributed by atoms with Gasteiger partial charge in [-0.1, -0.05) is 60.2 Å². The first-order valence-corrected chi connectivity index (χ1v) is 6.79. The molecule has 1 unspecified atom stereocenters. The van der Waals surface area contributed by atoms with E-state index < -0.39 is 0 Å². The number of aliphatic hydroxyl groups excluding tert-OH is 1. The third-order valence-corrected chi connectivity index (χ3v) is 3.81. The Kier molecular flexibility index (Phi) is 3.22. The lowest BCUT2D eigenvalue weighted by Crippen LogP contribution is -2.23. The average Bonchev–Trinajstić information content (AvgIpc) is 2.45. The molecule has 1 N–H and O–H groups in total. The summed E-state index contributed by atoms with van der Waals surface area (Å²) in [6, 6.07) is 18.9. The summed E-state index contributed by atoms with van der Waals surface area (Å²) in [7, 11) is 0. The molecule has 0 saturated heterocycles. The van der Waals surface area contributed by atoms with E-state index in [1.165, 1.54) is 27.8 Å². The molecular weight excluding hydrogens is 232 g/mol. The molecule has 1 nitrogen and oxygen atoms in total. The summed E-state index contributed by atoms with van der Waals surface area (Å²) in [6.07, 6.45) is 1.62. The molecule has 1 aliphatic rings. The van der Waals surface area contributed by atoms with Gasteiger partial charge >= 0.3 is 0 Å². The van der Waals surface area contributed by atoms with E-state index in [9.17, 15) is 5.11 Å². The van der Waals surface area contributed by atoms with Crippen LogP contribution in [0.5, 0.6) is 0 Å². The van der Waals surface area contributed by atoms with Crippen molar-refractivity contribution in [2.45, 2.75) is 25.9 Å². The standard InChI is InChI=1S/C18H18O/c1-13-7-9-15(10-8-13)18(16-11-12-17(16)19)14-5-3-2-4-6-14/h2-10,17,19H,11-12H2,1H3/b18-16+. The highest BCUT2D eigenvalue weighted by molar-refractivity contribution is 5.83. The zero-order valence-corrected chi connectivity index (χ0v) is 11.1. The summed E-state index contributed by atoms with van der Waals surface area (Å²) < 4.78 is 0. The van der Waals surface area contributed by atoms with Gasteiger partial charge in [0.25, 0.3) is 0 Å². The smallest absolute Gasteiger partial charge is 0.0762 e. The van der Waals surface area contributed by atoms with Crippen molar-refractivity contribution in [1.29, 1.82) is 0 Å². The second-order valence-corrected chi connectivity index (χ2v) is 5.19. The fourth-order valence-corrected chi connectivity index (χ4v) is 2.57. The monoisotopic (exact) mass is 250 g/mol. The van der Waals surface area contributed by atoms with E-state index in [-0.39, 0.29) is 6.10 Å². The number of rotatable bonds is 2. The van der Waals surface area contributed by atoms with Gasteiger partial charge in [-0.05, 0) is 42.0 Å². The Hall–Kier alpha value is -1.86. The third-order valence-electron chi connectivity index (χ3n) is 3.81. The molecular formula is C18H18O. The number of aliphatic hydroxyl groups is 1. The second-order valence-electron chi connectivity index (χ2n) is 5.19. The maximum absolute atomic E-state index is 10.00. The van der Waals surface area contributed by atoms with Gasteiger partial charge in [0.2, 0.25) is 0 Å². The average molecular weight is 250 g/mol. The van der Waals surface area contributed by atoms with E-state index in [4.69, 9.17) is 0 Å². The predicted octanol–water partition coefficient (Wildman–Crippen LogP) is 3.95. The number of hydrogen-bond donors (Lipinski definition) is 1. The summed E-state index contributed by atoms with van der Waals surface area (Å²) in [5, 5.41) is 10.00. The first-order chi connectivity index (χ1) is 9.25. The fourth-order valence-electron chi connectivity index (χ4n) is 2.57. The molecule has 1 saturated carbocycles. The van der Waals surface area contributed by atoms with Crippen molar-refractivity contribution in [3.05, 3.63) is 76.9 Å². The van der Waals surface area contributed by atoms with Crippen molar-refractivity contribution >= 4 is 5.57 Å². The first-order valence-electron chi connectivity index (χ1n) is 6.79. The SMILES string of the molecule is Cc1ccc(/C(=C2\CCC2O)c2ccccc2)cc1. The Morgan fingerprint density at radius 2 is 1.58 bits per heavy atom. The lowest BCUT2D eigenvalue weighted by molar-refractivity contribution is 0.157. The molecule has 0 aromatic heterocycles. The highest BCUT2D eigenvalue weighted by atomic mass is 16.3. The minimum atomic E-state index is -0.267. The number of benzene rings is 2. The Morgan fingerprint density at radius 1 is 0.947 bits per heavy atom. The van der Waals surface area contributed by atoms with Crippen LogP contribution in [-0.2, 0) is 0 Å². The molecule has 19 heavy (non-hydrogen) atoms. The van der Waals surface area contributed by atoms with Gasteiger partial charge in [0.15, 0.2) is 0 Å². The van der Waals surface area contributed by atoms with Crippen LogP contribution in [0.2, 0.25) is 0 Å². The number of aryl methyl sites for hydroxylation is 1. The molecule has 3 rings (SSSR count). The topological polar surface area (TPSA) is 20.2 Å². The molecule has 0 spiro atoms. The van der Waals surface area contributed by atoms with Crippen molar-refractivity contribution in [2.75, 3.05) is 0 Å². The Labute approximate surface area is 114 Å². The normalized spacial score (nSPS) is 20.8. The minimum absolute atomic E-state index is 0.267. The molecule has 2 aromatic carbocycles. The van der Waals surface area contributed by atoms with Crippen molar-refractivity contribution in [2.24, 2.45) is 0 Å². The van der Waals surface area contributed by atoms with Gasteiger partial charge in [-0.2, -0.15) is 0 Å².